The number of benzene rings is 2. The largest absolute Gasteiger partial charge is 0.447 e. The van der Waals surface area contributed by atoms with E-state index in [2.05, 4.69) is 21.2 Å². The van der Waals surface area contributed by atoms with Crippen molar-refractivity contribution < 1.29 is 14.1 Å². The highest BCUT2D eigenvalue weighted by molar-refractivity contribution is 9.10. The van der Waals surface area contributed by atoms with Crippen LogP contribution >= 0.6 is 15.9 Å². The van der Waals surface area contributed by atoms with Crippen LogP contribution in [-0.4, -0.2) is 12.0 Å². The monoisotopic (exact) mass is 340 g/mol. The second-order valence-electron chi connectivity index (χ2n) is 3.84. The van der Waals surface area contributed by atoms with Crippen LogP contribution in [0.2, 0.25) is 0 Å². The van der Waals surface area contributed by atoms with Gasteiger partial charge in [-0.3, -0.25) is 10.1 Å². The quantitative estimate of drug-likeness (QED) is 0.664. The van der Waals surface area contributed by atoms with Gasteiger partial charge < -0.3 is 10.1 Å². The molecule has 104 valence electrons. The summed E-state index contributed by atoms with van der Waals surface area (Å²) >= 11 is 3.13. The van der Waals surface area contributed by atoms with Crippen molar-refractivity contribution in [3.05, 3.63) is 56.8 Å². The van der Waals surface area contributed by atoms with Crippen LogP contribution in [0.4, 0.5) is 15.8 Å². The van der Waals surface area contributed by atoms with Crippen LogP contribution < -0.4 is 10.1 Å². The van der Waals surface area contributed by atoms with E-state index in [1.54, 1.807) is 25.2 Å². The predicted octanol–water partition coefficient (Wildman–Crippen LogP) is 4.33. The lowest BCUT2D eigenvalue weighted by atomic mass is 10.2. The molecule has 5 nitrogen and oxygen atoms in total. The fourth-order valence-electron chi connectivity index (χ4n) is 1.67. The first kappa shape index (κ1) is 14.3. The molecule has 0 aliphatic carbocycles. The molecule has 0 bridgehead atoms. The van der Waals surface area contributed by atoms with Crippen LogP contribution in [0.25, 0.3) is 0 Å². The summed E-state index contributed by atoms with van der Waals surface area (Å²) in [6, 6.07) is 8.76. The number of nitrogens with one attached hydrogen (secondary N) is 1. The zero-order valence-electron chi connectivity index (χ0n) is 10.4. The van der Waals surface area contributed by atoms with Crippen molar-refractivity contribution in [1.82, 2.24) is 0 Å². The molecule has 2 aromatic rings. The molecule has 1 N–H and O–H groups in total. The predicted molar refractivity (Wildman–Crippen MR) is 76.8 cm³/mol. The van der Waals surface area contributed by atoms with E-state index in [-0.39, 0.29) is 17.2 Å². The van der Waals surface area contributed by atoms with Crippen molar-refractivity contribution in [2.24, 2.45) is 0 Å². The van der Waals surface area contributed by atoms with E-state index < -0.39 is 10.7 Å². The summed E-state index contributed by atoms with van der Waals surface area (Å²) < 4.78 is 19.6. The Morgan fingerprint density at radius 2 is 2.05 bits per heavy atom. The zero-order chi connectivity index (χ0) is 14.7. The maximum Gasteiger partial charge on any atom is 0.334 e. The second-order valence-corrected chi connectivity index (χ2v) is 4.75. The van der Waals surface area contributed by atoms with Crippen molar-refractivity contribution in [3.63, 3.8) is 0 Å². The molecule has 0 amide bonds. The molecule has 2 rings (SSSR count). The number of anilines is 1. The van der Waals surface area contributed by atoms with Gasteiger partial charge in [0.1, 0.15) is 5.69 Å². The van der Waals surface area contributed by atoms with Crippen LogP contribution in [0.3, 0.4) is 0 Å². The lowest BCUT2D eigenvalue weighted by molar-refractivity contribution is -0.384. The molecule has 0 unspecified atom stereocenters. The van der Waals surface area contributed by atoms with Crippen molar-refractivity contribution in [2.45, 2.75) is 0 Å². The Hall–Kier alpha value is -2.15. The standard InChI is InChI=1S/C13H10BrFN2O3/c1-16-10-3-2-4-12(13(10)17(18)19)20-11-6-5-8(14)7-9(11)15/h2-7,16H,1H3. The molecule has 0 heterocycles. The van der Waals surface area contributed by atoms with Gasteiger partial charge in [-0.15, -0.1) is 0 Å². The third kappa shape index (κ3) is 2.88. The second kappa shape index (κ2) is 5.87. The third-order valence-electron chi connectivity index (χ3n) is 2.56. The Labute approximate surface area is 122 Å². The van der Waals surface area contributed by atoms with Crippen LogP contribution in [0, 0.1) is 15.9 Å². The van der Waals surface area contributed by atoms with Crippen molar-refractivity contribution in [3.8, 4) is 11.5 Å². The van der Waals surface area contributed by atoms with E-state index in [1.807, 2.05) is 0 Å². The number of nitro benzene ring substituents is 1. The number of para-hydroxylation sites is 1. The Morgan fingerprint density at radius 1 is 1.30 bits per heavy atom. The Kier molecular flexibility index (Phi) is 4.19. The summed E-state index contributed by atoms with van der Waals surface area (Å²) in [7, 11) is 1.56. The number of hydrogen-bond donors (Lipinski definition) is 1. The van der Waals surface area contributed by atoms with E-state index in [4.69, 9.17) is 4.74 Å². The summed E-state index contributed by atoms with van der Waals surface area (Å²) in [4.78, 5) is 10.5. The van der Waals surface area contributed by atoms with Gasteiger partial charge in [-0.25, -0.2) is 4.39 Å². The zero-order valence-corrected chi connectivity index (χ0v) is 12.0. The molecule has 0 fully saturated rings. The smallest absolute Gasteiger partial charge is 0.334 e. The molecular formula is C13H10BrFN2O3. The van der Waals surface area contributed by atoms with E-state index in [0.29, 0.717) is 10.2 Å². The van der Waals surface area contributed by atoms with E-state index in [1.165, 1.54) is 18.2 Å². The van der Waals surface area contributed by atoms with Gasteiger partial charge in [0.25, 0.3) is 0 Å². The van der Waals surface area contributed by atoms with Gasteiger partial charge in [0, 0.05) is 11.5 Å². The molecule has 0 atom stereocenters. The Balaban J connectivity index is 2.45. The summed E-state index contributed by atoms with van der Waals surface area (Å²) in [5, 5.41) is 13.8. The van der Waals surface area contributed by atoms with Gasteiger partial charge in [0.05, 0.1) is 4.92 Å². The molecule has 7 heteroatoms. The van der Waals surface area contributed by atoms with E-state index in [9.17, 15) is 14.5 Å². The average molecular weight is 341 g/mol. The molecule has 0 aliphatic rings. The van der Waals surface area contributed by atoms with E-state index >= 15 is 0 Å². The highest BCUT2D eigenvalue weighted by Gasteiger charge is 2.21. The van der Waals surface area contributed by atoms with Crippen molar-refractivity contribution in [2.75, 3.05) is 12.4 Å². The number of nitrogens with zero attached hydrogens (tertiary/aromatic N) is 1. The summed E-state index contributed by atoms with van der Waals surface area (Å²) in [6.45, 7) is 0. The highest BCUT2D eigenvalue weighted by atomic mass is 79.9. The SMILES string of the molecule is CNc1cccc(Oc2ccc(Br)cc2F)c1[N+](=O)[O-]. The van der Waals surface area contributed by atoms with Crippen LogP contribution in [0.15, 0.2) is 40.9 Å². The minimum absolute atomic E-state index is 0.0249. The molecule has 0 radical (unpaired) electrons. The molecule has 0 saturated carbocycles. The van der Waals surface area contributed by atoms with Crippen molar-refractivity contribution >= 4 is 27.3 Å². The first-order valence-electron chi connectivity index (χ1n) is 5.61. The summed E-state index contributed by atoms with van der Waals surface area (Å²) in [6.07, 6.45) is 0. The third-order valence-corrected chi connectivity index (χ3v) is 3.06. The molecule has 0 aromatic heterocycles. The van der Waals surface area contributed by atoms with Gasteiger partial charge in [0.15, 0.2) is 11.6 Å². The van der Waals surface area contributed by atoms with Gasteiger partial charge in [-0.2, -0.15) is 0 Å². The molecular weight excluding hydrogens is 331 g/mol. The first-order valence-corrected chi connectivity index (χ1v) is 6.40. The minimum Gasteiger partial charge on any atom is -0.447 e. The number of nitro groups is 1. The van der Waals surface area contributed by atoms with Crippen LogP contribution in [0.5, 0.6) is 11.5 Å². The number of halogens is 2. The minimum atomic E-state index is -0.608. The fraction of sp³-hybridized carbons (Fsp3) is 0.0769. The van der Waals surface area contributed by atoms with Gasteiger partial charge in [-0.05, 0) is 30.3 Å². The van der Waals surface area contributed by atoms with Gasteiger partial charge in [-0.1, -0.05) is 22.0 Å². The number of ether oxygens (including phenoxy) is 1. The summed E-state index contributed by atoms with van der Waals surface area (Å²) in [5.74, 6) is -0.712. The molecule has 0 spiro atoms. The molecule has 0 aliphatic heterocycles. The van der Waals surface area contributed by atoms with Gasteiger partial charge in [0.2, 0.25) is 5.75 Å². The Morgan fingerprint density at radius 3 is 2.65 bits per heavy atom. The maximum absolute atomic E-state index is 13.7. The maximum atomic E-state index is 13.7. The van der Waals surface area contributed by atoms with Crippen LogP contribution in [0.1, 0.15) is 0 Å². The molecule has 2 aromatic carbocycles. The molecule has 20 heavy (non-hydrogen) atoms. The molecule has 0 saturated heterocycles. The Bertz CT molecular complexity index is 664. The number of rotatable bonds is 4. The van der Waals surface area contributed by atoms with Gasteiger partial charge >= 0.3 is 5.69 Å². The topological polar surface area (TPSA) is 64.4 Å². The lowest BCUT2D eigenvalue weighted by Crippen LogP contribution is -1.99. The fourth-order valence-corrected chi connectivity index (χ4v) is 2.00. The number of hydrogen-bond acceptors (Lipinski definition) is 4. The van der Waals surface area contributed by atoms with Crippen molar-refractivity contribution in [1.29, 1.82) is 0 Å². The first-order chi connectivity index (χ1) is 9.52. The normalized spacial score (nSPS) is 10.2. The van der Waals surface area contributed by atoms with Crippen LogP contribution in [-0.2, 0) is 0 Å². The highest BCUT2D eigenvalue weighted by Crippen LogP contribution is 2.38. The van der Waals surface area contributed by atoms with E-state index in [0.717, 1.165) is 0 Å². The average Bonchev–Trinajstić information content (AvgIpc) is 2.41. The summed E-state index contributed by atoms with van der Waals surface area (Å²) in [5.41, 5.74) is 0.0577. The lowest BCUT2D eigenvalue weighted by Gasteiger charge is -2.09.